The summed E-state index contributed by atoms with van der Waals surface area (Å²) in [5.41, 5.74) is -0.299. The average molecular weight is 472 g/mol. The maximum Gasteiger partial charge on any atom is 0.245 e. The molecule has 6 atom stereocenters. The lowest BCUT2D eigenvalue weighted by atomic mass is 9.70. The number of nitrogens with one attached hydrogen (secondary N) is 2. The molecule has 186 valence electrons. The summed E-state index contributed by atoms with van der Waals surface area (Å²) in [6.07, 6.45) is 4.50. The Hall–Kier alpha value is -2.45. The fourth-order valence-electron chi connectivity index (χ4n) is 6.11. The number of aliphatic hydroxyl groups excluding tert-OH is 1. The number of likely N-dealkylation sites (tertiary alicyclic amines) is 1. The molecule has 34 heavy (non-hydrogen) atoms. The van der Waals surface area contributed by atoms with Crippen LogP contribution in [-0.2, 0) is 19.1 Å². The van der Waals surface area contributed by atoms with Crippen LogP contribution in [0.2, 0.25) is 0 Å². The molecule has 1 spiro atoms. The second-order valence-electron chi connectivity index (χ2n) is 9.70. The van der Waals surface area contributed by atoms with Gasteiger partial charge in [-0.2, -0.15) is 0 Å². The first-order valence-electron chi connectivity index (χ1n) is 12.7. The van der Waals surface area contributed by atoms with Gasteiger partial charge in [-0.3, -0.25) is 14.4 Å². The van der Waals surface area contributed by atoms with Crippen molar-refractivity contribution in [3.05, 3.63) is 35.9 Å². The van der Waals surface area contributed by atoms with Crippen LogP contribution < -0.4 is 10.6 Å². The van der Waals surface area contributed by atoms with E-state index in [9.17, 15) is 19.5 Å². The average Bonchev–Trinajstić information content (AvgIpc) is 3.49. The van der Waals surface area contributed by atoms with E-state index < -0.39 is 29.5 Å². The molecule has 8 heteroatoms. The number of nitrogens with zero attached hydrogens (tertiary/aromatic N) is 1. The smallest absolute Gasteiger partial charge is 0.245 e. The van der Waals surface area contributed by atoms with Crippen LogP contribution in [0.25, 0.3) is 0 Å². The zero-order chi connectivity index (χ0) is 24.3. The Morgan fingerprint density at radius 2 is 1.85 bits per heavy atom. The first-order chi connectivity index (χ1) is 16.5. The summed E-state index contributed by atoms with van der Waals surface area (Å²) in [7, 11) is 0. The summed E-state index contributed by atoms with van der Waals surface area (Å²) in [6, 6.07) is 7.68. The summed E-state index contributed by atoms with van der Waals surface area (Å²) in [5, 5.41) is 16.3. The van der Waals surface area contributed by atoms with Gasteiger partial charge in [0.25, 0.3) is 0 Å². The molecule has 3 amide bonds. The van der Waals surface area contributed by atoms with Crippen molar-refractivity contribution in [3.8, 4) is 0 Å². The highest BCUT2D eigenvalue weighted by atomic mass is 16.5. The minimum atomic E-state index is -1.05. The highest BCUT2D eigenvalue weighted by molar-refractivity contribution is 5.99. The summed E-state index contributed by atoms with van der Waals surface area (Å²) in [5.74, 6) is -2.08. The maximum absolute atomic E-state index is 14.0. The third kappa shape index (κ3) is 4.11. The number of fused-ring (bicyclic) bond motifs is 1. The largest absolute Gasteiger partial charge is 0.394 e. The van der Waals surface area contributed by atoms with Gasteiger partial charge in [-0.05, 0) is 31.2 Å². The fraction of sp³-hybridized carbons (Fsp3) is 0.654. The Morgan fingerprint density at radius 3 is 2.53 bits per heavy atom. The normalized spacial score (nSPS) is 30.3. The lowest BCUT2D eigenvalue weighted by Gasteiger charge is -2.36. The van der Waals surface area contributed by atoms with E-state index in [1.165, 1.54) is 4.90 Å². The molecule has 4 rings (SSSR count). The van der Waals surface area contributed by atoms with E-state index >= 15 is 0 Å². The van der Waals surface area contributed by atoms with Gasteiger partial charge >= 0.3 is 0 Å². The number of carbonyl (C=O) groups excluding carboxylic acids is 3. The first-order valence-corrected chi connectivity index (χ1v) is 12.7. The van der Waals surface area contributed by atoms with Crippen LogP contribution in [0, 0.1) is 11.8 Å². The maximum atomic E-state index is 14.0. The van der Waals surface area contributed by atoms with Crippen molar-refractivity contribution in [1.29, 1.82) is 0 Å². The van der Waals surface area contributed by atoms with Crippen molar-refractivity contribution in [2.45, 2.75) is 76.2 Å². The van der Waals surface area contributed by atoms with E-state index in [1.54, 1.807) is 0 Å². The molecule has 3 aliphatic rings. The number of hydrogen-bond donors (Lipinski definition) is 3. The zero-order valence-electron chi connectivity index (χ0n) is 20.2. The van der Waals surface area contributed by atoms with Gasteiger partial charge in [0.1, 0.15) is 11.6 Å². The summed E-state index contributed by atoms with van der Waals surface area (Å²) >= 11 is 0. The van der Waals surface area contributed by atoms with Crippen LogP contribution in [-0.4, -0.2) is 65.2 Å². The molecule has 2 unspecified atom stereocenters. The Bertz CT molecular complexity index is 894. The number of unbranched alkanes of at least 4 members (excludes halogenated alkanes) is 2. The van der Waals surface area contributed by atoms with E-state index in [0.29, 0.717) is 25.9 Å². The minimum Gasteiger partial charge on any atom is -0.394 e. The lowest BCUT2D eigenvalue weighted by molar-refractivity contribution is -0.145. The van der Waals surface area contributed by atoms with Gasteiger partial charge in [-0.15, -0.1) is 0 Å². The van der Waals surface area contributed by atoms with Crippen molar-refractivity contribution < 1.29 is 24.2 Å². The molecule has 2 bridgehead atoms. The molecule has 3 saturated heterocycles. The molecule has 0 radical (unpaired) electrons. The van der Waals surface area contributed by atoms with Crippen LogP contribution in [0.15, 0.2) is 30.3 Å². The number of hydrogen-bond acceptors (Lipinski definition) is 5. The van der Waals surface area contributed by atoms with Gasteiger partial charge in [0.15, 0.2) is 0 Å². The van der Waals surface area contributed by atoms with Crippen LogP contribution in [0.3, 0.4) is 0 Å². The molecule has 3 fully saturated rings. The van der Waals surface area contributed by atoms with Gasteiger partial charge in [-0.25, -0.2) is 0 Å². The third-order valence-electron chi connectivity index (χ3n) is 7.61. The van der Waals surface area contributed by atoms with Gasteiger partial charge in [0, 0.05) is 13.1 Å². The highest BCUT2D eigenvalue weighted by Crippen LogP contribution is 2.59. The first kappa shape index (κ1) is 24.7. The number of amides is 3. The monoisotopic (exact) mass is 471 g/mol. The fourth-order valence-corrected chi connectivity index (χ4v) is 6.11. The minimum absolute atomic E-state index is 0.184. The number of ether oxygens (including phenoxy) is 1. The molecule has 3 N–H and O–H groups in total. The van der Waals surface area contributed by atoms with Gasteiger partial charge in [0.2, 0.25) is 17.7 Å². The predicted octanol–water partition coefficient (Wildman–Crippen LogP) is 1.93. The Kier molecular flexibility index (Phi) is 7.57. The number of aliphatic hydroxyl groups is 1. The Labute approximate surface area is 201 Å². The molecular weight excluding hydrogens is 434 g/mol. The van der Waals surface area contributed by atoms with Crippen LogP contribution in [0.4, 0.5) is 0 Å². The summed E-state index contributed by atoms with van der Waals surface area (Å²) < 4.78 is 6.42. The molecule has 0 aromatic heterocycles. The lowest BCUT2D eigenvalue weighted by Crippen LogP contribution is -2.56. The molecule has 1 aromatic carbocycles. The van der Waals surface area contributed by atoms with Gasteiger partial charge in [-0.1, -0.05) is 57.0 Å². The van der Waals surface area contributed by atoms with Crippen LogP contribution in [0.5, 0.6) is 0 Å². The second kappa shape index (κ2) is 10.4. The zero-order valence-corrected chi connectivity index (χ0v) is 20.2. The van der Waals surface area contributed by atoms with Crippen molar-refractivity contribution >= 4 is 17.7 Å². The molecule has 3 heterocycles. The van der Waals surface area contributed by atoms with Gasteiger partial charge < -0.3 is 25.4 Å². The van der Waals surface area contributed by atoms with E-state index in [-0.39, 0.29) is 30.4 Å². The third-order valence-corrected chi connectivity index (χ3v) is 7.61. The number of carbonyl (C=O) groups is 3. The summed E-state index contributed by atoms with van der Waals surface area (Å²) in [6.45, 7) is 4.80. The molecule has 0 aliphatic carbocycles. The molecule has 3 aliphatic heterocycles. The molecule has 8 nitrogen and oxygen atoms in total. The Balaban J connectivity index is 1.70. The topological polar surface area (TPSA) is 108 Å². The van der Waals surface area contributed by atoms with Crippen LogP contribution in [0.1, 0.15) is 64.0 Å². The Morgan fingerprint density at radius 1 is 1.12 bits per heavy atom. The SMILES string of the molecule is CCCCCNC(=O)C1N([C@H](CO)c2ccccc2)C(=O)[C@@H]2[C@H](C(=O)NCCC)[C@@H]3CCC12O3. The van der Waals surface area contributed by atoms with Crippen molar-refractivity contribution in [1.82, 2.24) is 15.5 Å². The van der Waals surface area contributed by atoms with E-state index in [1.807, 2.05) is 37.3 Å². The molecule has 0 saturated carbocycles. The van der Waals surface area contributed by atoms with Crippen molar-refractivity contribution in [2.75, 3.05) is 19.7 Å². The predicted molar refractivity (Wildman–Crippen MR) is 127 cm³/mol. The highest BCUT2D eigenvalue weighted by Gasteiger charge is 2.75. The second-order valence-corrected chi connectivity index (χ2v) is 9.70. The number of benzene rings is 1. The van der Waals surface area contributed by atoms with Gasteiger partial charge in [0.05, 0.1) is 30.6 Å². The molecule has 1 aromatic rings. The van der Waals surface area contributed by atoms with E-state index in [2.05, 4.69) is 17.6 Å². The van der Waals surface area contributed by atoms with E-state index in [0.717, 1.165) is 31.2 Å². The van der Waals surface area contributed by atoms with Crippen molar-refractivity contribution in [2.24, 2.45) is 11.8 Å². The molecular formula is C26H37N3O5. The van der Waals surface area contributed by atoms with E-state index in [4.69, 9.17) is 4.74 Å². The quantitative estimate of drug-likeness (QED) is 0.428. The number of rotatable bonds is 11. The van der Waals surface area contributed by atoms with Crippen LogP contribution >= 0.6 is 0 Å². The summed E-state index contributed by atoms with van der Waals surface area (Å²) in [4.78, 5) is 42.2. The standard InChI is InChI=1S/C26H37N3O5/c1-3-5-9-15-28-24(32)22-26-13-12-19(34-26)20(23(31)27-14-4-2)21(26)25(33)29(22)18(16-30)17-10-7-6-8-11-17/h6-8,10-11,18-22,30H,3-5,9,12-16H2,1-2H3,(H,27,31)(H,28,32)/t18-,19+,20-,21+,22?,26?/m1/s1. The van der Waals surface area contributed by atoms with Crippen molar-refractivity contribution in [3.63, 3.8) is 0 Å².